The topological polar surface area (TPSA) is 21.6 Å². The first-order valence-electron chi connectivity index (χ1n) is 1.67. The van der Waals surface area contributed by atoms with Gasteiger partial charge in [0.15, 0.2) is 6.40 Å². The minimum absolute atomic E-state index is 0.224. The van der Waals surface area contributed by atoms with Crippen molar-refractivity contribution in [3.8, 4) is 0 Å². The van der Waals surface area contributed by atoms with Crippen LogP contribution in [0.2, 0.25) is 0 Å². The third-order valence-electron chi connectivity index (χ3n) is 0.298. The molecule has 0 aliphatic heterocycles. The molecule has 40 valence electrons. The van der Waals surface area contributed by atoms with Gasteiger partial charge in [0.1, 0.15) is 5.16 Å². The molecule has 0 unspecified atom stereocenters. The zero-order chi connectivity index (χ0) is 5.70. The van der Waals surface area contributed by atoms with Gasteiger partial charge in [-0.05, 0) is 0 Å². The Morgan fingerprint density at radius 1 is 2.00 bits per heavy atom. The van der Waals surface area contributed by atoms with E-state index in [-0.39, 0.29) is 5.16 Å². The second kappa shape index (κ2) is 3.68. The molecular weight excluding hydrogens is 114 g/mol. The van der Waals surface area contributed by atoms with Crippen molar-refractivity contribution in [3.63, 3.8) is 0 Å². The molecule has 0 rings (SSSR count). The van der Waals surface area contributed by atoms with Crippen LogP contribution in [-0.4, -0.2) is 13.5 Å². The standard InChI is InChI=1S/C4H6ClNO/c1-4(5)6-3-7-2/h3H,1H2,2H3. The monoisotopic (exact) mass is 119 g/mol. The van der Waals surface area contributed by atoms with Crippen molar-refractivity contribution in [2.45, 2.75) is 0 Å². The van der Waals surface area contributed by atoms with Crippen LogP contribution in [-0.2, 0) is 4.74 Å². The van der Waals surface area contributed by atoms with Gasteiger partial charge in [0.2, 0.25) is 0 Å². The zero-order valence-electron chi connectivity index (χ0n) is 4.02. The SMILES string of the molecule is C=C(Cl)N=COC. The van der Waals surface area contributed by atoms with Gasteiger partial charge in [-0.3, -0.25) is 0 Å². The predicted octanol–water partition coefficient (Wildman–Crippen LogP) is 1.37. The number of halogens is 1. The van der Waals surface area contributed by atoms with Crippen LogP contribution in [0, 0.1) is 0 Å². The van der Waals surface area contributed by atoms with Crippen LogP contribution in [0.4, 0.5) is 0 Å². The van der Waals surface area contributed by atoms with E-state index in [1.807, 2.05) is 0 Å². The molecule has 0 amide bonds. The Morgan fingerprint density at radius 3 is 2.71 bits per heavy atom. The van der Waals surface area contributed by atoms with E-state index in [1.165, 1.54) is 13.5 Å². The highest BCUT2D eigenvalue weighted by atomic mass is 35.5. The van der Waals surface area contributed by atoms with Crippen molar-refractivity contribution in [2.75, 3.05) is 7.11 Å². The average Bonchev–Trinajstić information content (AvgIpc) is 1.61. The summed E-state index contributed by atoms with van der Waals surface area (Å²) in [5, 5.41) is 0.224. The van der Waals surface area contributed by atoms with Crippen LogP contribution in [0.25, 0.3) is 0 Å². The Balaban J connectivity index is 3.26. The van der Waals surface area contributed by atoms with Gasteiger partial charge in [-0.25, -0.2) is 4.99 Å². The number of aliphatic imine (C=N–C) groups is 1. The van der Waals surface area contributed by atoms with Crippen LogP contribution < -0.4 is 0 Å². The molecule has 0 aromatic rings. The van der Waals surface area contributed by atoms with Gasteiger partial charge in [-0.15, -0.1) is 0 Å². The summed E-state index contributed by atoms with van der Waals surface area (Å²) < 4.78 is 4.42. The van der Waals surface area contributed by atoms with Gasteiger partial charge >= 0.3 is 0 Å². The lowest BCUT2D eigenvalue weighted by Crippen LogP contribution is -1.73. The number of hydrogen-bond acceptors (Lipinski definition) is 2. The van der Waals surface area contributed by atoms with Gasteiger partial charge in [0, 0.05) is 0 Å². The highest BCUT2D eigenvalue weighted by Gasteiger charge is 1.71. The fourth-order valence-electron chi connectivity index (χ4n) is 0.110. The maximum absolute atomic E-state index is 5.18. The molecule has 3 heteroatoms. The molecule has 0 radical (unpaired) electrons. The maximum atomic E-state index is 5.18. The molecule has 2 nitrogen and oxygen atoms in total. The molecular formula is C4H6ClNO. The van der Waals surface area contributed by atoms with Crippen molar-refractivity contribution in [1.82, 2.24) is 0 Å². The van der Waals surface area contributed by atoms with E-state index in [1.54, 1.807) is 0 Å². The Labute approximate surface area is 47.5 Å². The second-order valence-electron chi connectivity index (χ2n) is 0.846. The molecule has 0 N–H and O–H groups in total. The summed E-state index contributed by atoms with van der Waals surface area (Å²) in [4.78, 5) is 3.47. The summed E-state index contributed by atoms with van der Waals surface area (Å²) in [6, 6.07) is 0. The Bertz CT molecular complexity index is 89.7. The molecule has 0 saturated carbocycles. The molecule has 0 heterocycles. The number of methoxy groups -OCH3 is 1. The van der Waals surface area contributed by atoms with Crippen molar-refractivity contribution < 1.29 is 4.74 Å². The summed E-state index contributed by atoms with van der Waals surface area (Å²) in [6.07, 6.45) is 1.22. The summed E-state index contributed by atoms with van der Waals surface area (Å²) >= 11 is 5.18. The van der Waals surface area contributed by atoms with E-state index in [0.717, 1.165) is 0 Å². The van der Waals surface area contributed by atoms with Crippen molar-refractivity contribution in [1.29, 1.82) is 0 Å². The zero-order valence-corrected chi connectivity index (χ0v) is 4.77. The van der Waals surface area contributed by atoms with Crippen LogP contribution >= 0.6 is 11.6 Å². The van der Waals surface area contributed by atoms with E-state index < -0.39 is 0 Å². The van der Waals surface area contributed by atoms with Crippen molar-refractivity contribution in [2.24, 2.45) is 4.99 Å². The normalized spacial score (nSPS) is 9.43. The summed E-state index contributed by atoms with van der Waals surface area (Å²) in [7, 11) is 1.49. The van der Waals surface area contributed by atoms with E-state index in [0.29, 0.717) is 0 Å². The fourth-order valence-corrected chi connectivity index (χ4v) is 0.150. The second-order valence-corrected chi connectivity index (χ2v) is 1.28. The molecule has 0 saturated heterocycles. The fraction of sp³-hybridized carbons (Fsp3) is 0.250. The molecule has 0 aromatic carbocycles. The predicted molar refractivity (Wildman–Crippen MR) is 30.5 cm³/mol. The van der Waals surface area contributed by atoms with Gasteiger partial charge in [-0.1, -0.05) is 18.2 Å². The summed E-state index contributed by atoms with van der Waals surface area (Å²) in [5.41, 5.74) is 0. The largest absolute Gasteiger partial charge is 0.486 e. The smallest absolute Gasteiger partial charge is 0.175 e. The van der Waals surface area contributed by atoms with Crippen molar-refractivity contribution >= 4 is 18.0 Å². The summed E-state index contributed by atoms with van der Waals surface area (Å²) in [6.45, 7) is 3.28. The van der Waals surface area contributed by atoms with E-state index in [4.69, 9.17) is 11.6 Å². The van der Waals surface area contributed by atoms with Gasteiger partial charge < -0.3 is 4.74 Å². The third kappa shape index (κ3) is 5.50. The molecule has 0 fully saturated rings. The lowest BCUT2D eigenvalue weighted by Gasteiger charge is -1.81. The van der Waals surface area contributed by atoms with E-state index in [9.17, 15) is 0 Å². The molecule has 0 aliphatic carbocycles. The minimum atomic E-state index is 0.224. The molecule has 0 aromatic heterocycles. The molecule has 7 heavy (non-hydrogen) atoms. The number of nitrogens with zero attached hydrogens (tertiary/aromatic N) is 1. The molecule has 0 spiro atoms. The third-order valence-corrected chi connectivity index (χ3v) is 0.396. The van der Waals surface area contributed by atoms with Gasteiger partial charge in [0.05, 0.1) is 7.11 Å². The lowest BCUT2D eigenvalue weighted by molar-refractivity contribution is 0.423. The van der Waals surface area contributed by atoms with E-state index in [2.05, 4.69) is 16.3 Å². The van der Waals surface area contributed by atoms with Crippen LogP contribution in [0.5, 0.6) is 0 Å². The molecule has 0 aliphatic rings. The van der Waals surface area contributed by atoms with Gasteiger partial charge in [-0.2, -0.15) is 0 Å². The number of ether oxygens (including phenoxy) is 1. The lowest BCUT2D eigenvalue weighted by atomic mass is 11.0. The Morgan fingerprint density at radius 2 is 2.57 bits per heavy atom. The van der Waals surface area contributed by atoms with Crippen molar-refractivity contribution in [3.05, 3.63) is 11.7 Å². The first-order valence-corrected chi connectivity index (χ1v) is 2.05. The first kappa shape index (κ1) is 6.50. The highest BCUT2D eigenvalue weighted by Crippen LogP contribution is 1.94. The maximum Gasteiger partial charge on any atom is 0.175 e. The highest BCUT2D eigenvalue weighted by molar-refractivity contribution is 6.29. The quantitative estimate of drug-likeness (QED) is 0.306. The Kier molecular flexibility index (Phi) is 3.42. The molecule has 0 bridgehead atoms. The van der Waals surface area contributed by atoms with E-state index >= 15 is 0 Å². The van der Waals surface area contributed by atoms with Crippen LogP contribution in [0.3, 0.4) is 0 Å². The van der Waals surface area contributed by atoms with Gasteiger partial charge in [0.25, 0.3) is 0 Å². The Hall–Kier alpha value is -0.500. The number of hydrogen-bond donors (Lipinski definition) is 0. The first-order chi connectivity index (χ1) is 3.27. The minimum Gasteiger partial charge on any atom is -0.486 e. The van der Waals surface area contributed by atoms with Crippen LogP contribution in [0.15, 0.2) is 16.7 Å². The van der Waals surface area contributed by atoms with Crippen LogP contribution in [0.1, 0.15) is 0 Å². The molecule has 0 atom stereocenters. The summed E-state index contributed by atoms with van der Waals surface area (Å²) in [5.74, 6) is 0. The average molecular weight is 120 g/mol. The number of rotatable bonds is 2.